The summed E-state index contributed by atoms with van der Waals surface area (Å²) < 4.78 is 0.936. The zero-order chi connectivity index (χ0) is 11.5. The Morgan fingerprint density at radius 1 is 1.31 bits per heavy atom. The van der Waals surface area contributed by atoms with Crippen LogP contribution in [0.1, 0.15) is 27.0 Å². The third-order valence-corrected chi connectivity index (χ3v) is 4.04. The second kappa shape index (κ2) is 4.93. The van der Waals surface area contributed by atoms with Crippen LogP contribution >= 0.6 is 27.3 Å². The summed E-state index contributed by atoms with van der Waals surface area (Å²) in [5.74, 6) is 0.103. The van der Waals surface area contributed by atoms with E-state index < -0.39 is 0 Å². The molecule has 1 aromatic heterocycles. The zero-order valence-corrected chi connectivity index (χ0v) is 11.3. The van der Waals surface area contributed by atoms with Gasteiger partial charge in [0.15, 0.2) is 0 Å². The van der Waals surface area contributed by atoms with E-state index in [9.17, 15) is 4.79 Å². The minimum Gasteiger partial charge on any atom is -0.288 e. The van der Waals surface area contributed by atoms with Crippen LogP contribution in [0.4, 0.5) is 0 Å². The number of carbonyl (C=O) groups excluding carboxylic acids is 1. The topological polar surface area (TPSA) is 17.1 Å². The molecule has 3 heteroatoms. The van der Waals surface area contributed by atoms with Crippen LogP contribution in [0.15, 0.2) is 40.9 Å². The SMILES string of the molecule is CCc1ccc(C(=O)c2cccc(Br)c2)s1. The lowest BCUT2D eigenvalue weighted by Gasteiger charge is -1.98. The first-order valence-electron chi connectivity index (χ1n) is 5.09. The van der Waals surface area contributed by atoms with Crippen molar-refractivity contribution in [2.24, 2.45) is 0 Å². The Morgan fingerprint density at radius 3 is 2.75 bits per heavy atom. The van der Waals surface area contributed by atoms with Crippen molar-refractivity contribution in [2.45, 2.75) is 13.3 Å². The van der Waals surface area contributed by atoms with Gasteiger partial charge in [0.05, 0.1) is 4.88 Å². The summed E-state index contributed by atoms with van der Waals surface area (Å²) in [6.45, 7) is 2.10. The van der Waals surface area contributed by atoms with Gasteiger partial charge in [0.25, 0.3) is 0 Å². The summed E-state index contributed by atoms with van der Waals surface area (Å²) in [6, 6.07) is 11.4. The lowest BCUT2D eigenvalue weighted by atomic mass is 10.1. The van der Waals surface area contributed by atoms with Gasteiger partial charge < -0.3 is 0 Å². The normalized spacial score (nSPS) is 10.4. The highest BCUT2D eigenvalue weighted by Crippen LogP contribution is 2.21. The molecule has 1 nitrogen and oxygen atoms in total. The van der Waals surface area contributed by atoms with Gasteiger partial charge in [0.1, 0.15) is 0 Å². The van der Waals surface area contributed by atoms with Gasteiger partial charge in [-0.05, 0) is 30.7 Å². The summed E-state index contributed by atoms with van der Waals surface area (Å²) >= 11 is 4.95. The van der Waals surface area contributed by atoms with Crippen LogP contribution < -0.4 is 0 Å². The molecular weight excluding hydrogens is 284 g/mol. The maximum Gasteiger partial charge on any atom is 0.202 e. The van der Waals surface area contributed by atoms with Crippen LogP contribution in [-0.4, -0.2) is 5.78 Å². The van der Waals surface area contributed by atoms with E-state index in [1.165, 1.54) is 4.88 Å². The fraction of sp³-hybridized carbons (Fsp3) is 0.154. The molecule has 0 radical (unpaired) electrons. The van der Waals surface area contributed by atoms with Gasteiger partial charge in [-0.3, -0.25) is 4.79 Å². The number of carbonyl (C=O) groups is 1. The highest BCUT2D eigenvalue weighted by Gasteiger charge is 2.11. The number of hydrogen-bond acceptors (Lipinski definition) is 2. The van der Waals surface area contributed by atoms with Crippen LogP contribution in [0, 0.1) is 0 Å². The third-order valence-electron chi connectivity index (χ3n) is 2.32. The van der Waals surface area contributed by atoms with E-state index in [1.807, 2.05) is 36.4 Å². The molecule has 1 heterocycles. The molecule has 0 atom stereocenters. The molecule has 82 valence electrons. The van der Waals surface area contributed by atoms with E-state index in [4.69, 9.17) is 0 Å². The number of hydrogen-bond donors (Lipinski definition) is 0. The van der Waals surface area contributed by atoms with Crippen molar-refractivity contribution in [3.8, 4) is 0 Å². The standard InChI is InChI=1S/C13H11BrOS/c1-2-11-6-7-12(16-11)13(15)9-4-3-5-10(14)8-9/h3-8H,2H2,1H3. The van der Waals surface area contributed by atoms with Crippen LogP contribution in [-0.2, 0) is 6.42 Å². The van der Waals surface area contributed by atoms with E-state index in [0.717, 1.165) is 21.3 Å². The highest BCUT2D eigenvalue weighted by atomic mass is 79.9. The second-order valence-electron chi connectivity index (χ2n) is 3.46. The summed E-state index contributed by atoms with van der Waals surface area (Å²) in [5.41, 5.74) is 0.735. The molecule has 0 aliphatic rings. The fourth-order valence-electron chi connectivity index (χ4n) is 1.46. The molecule has 0 fully saturated rings. The van der Waals surface area contributed by atoms with Crippen molar-refractivity contribution >= 4 is 33.0 Å². The lowest BCUT2D eigenvalue weighted by Crippen LogP contribution is -1.97. The largest absolute Gasteiger partial charge is 0.288 e. The quantitative estimate of drug-likeness (QED) is 0.771. The minimum atomic E-state index is 0.103. The first kappa shape index (κ1) is 11.6. The number of halogens is 1. The van der Waals surface area contributed by atoms with Crippen LogP contribution in [0.3, 0.4) is 0 Å². The highest BCUT2D eigenvalue weighted by molar-refractivity contribution is 9.10. The number of rotatable bonds is 3. The maximum absolute atomic E-state index is 12.1. The van der Waals surface area contributed by atoms with Gasteiger partial charge in [0, 0.05) is 14.9 Å². The summed E-state index contributed by atoms with van der Waals surface area (Å²) in [4.78, 5) is 14.2. The van der Waals surface area contributed by atoms with Crippen molar-refractivity contribution in [3.05, 3.63) is 56.2 Å². The van der Waals surface area contributed by atoms with Gasteiger partial charge >= 0.3 is 0 Å². The molecule has 16 heavy (non-hydrogen) atoms. The summed E-state index contributed by atoms with van der Waals surface area (Å²) in [7, 11) is 0. The molecule has 0 aliphatic heterocycles. The Hall–Kier alpha value is -0.930. The maximum atomic E-state index is 12.1. The molecular formula is C13H11BrOS. The molecule has 2 rings (SSSR count). The number of thiophene rings is 1. The molecule has 0 bridgehead atoms. The minimum absolute atomic E-state index is 0.103. The van der Waals surface area contributed by atoms with Gasteiger partial charge in [-0.1, -0.05) is 35.0 Å². The molecule has 0 saturated heterocycles. The Morgan fingerprint density at radius 2 is 2.12 bits per heavy atom. The first-order valence-corrected chi connectivity index (χ1v) is 6.70. The molecule has 0 unspecified atom stereocenters. The Balaban J connectivity index is 2.31. The van der Waals surface area contributed by atoms with Gasteiger partial charge in [-0.15, -0.1) is 11.3 Å². The van der Waals surface area contributed by atoms with E-state index in [-0.39, 0.29) is 5.78 Å². The average molecular weight is 295 g/mol. The Kier molecular flexibility index (Phi) is 3.56. The van der Waals surface area contributed by atoms with E-state index in [0.29, 0.717) is 0 Å². The second-order valence-corrected chi connectivity index (χ2v) is 5.54. The summed E-state index contributed by atoms with van der Waals surface area (Å²) in [6.07, 6.45) is 0.983. The van der Waals surface area contributed by atoms with Gasteiger partial charge in [0.2, 0.25) is 5.78 Å². The monoisotopic (exact) mass is 294 g/mol. The summed E-state index contributed by atoms with van der Waals surface area (Å²) in [5, 5.41) is 0. The Labute approximate surface area is 107 Å². The van der Waals surface area contributed by atoms with Crippen LogP contribution in [0.5, 0.6) is 0 Å². The van der Waals surface area contributed by atoms with Crippen molar-refractivity contribution < 1.29 is 4.79 Å². The predicted octanol–water partition coefficient (Wildman–Crippen LogP) is 4.30. The van der Waals surface area contributed by atoms with E-state index in [2.05, 4.69) is 22.9 Å². The molecule has 2 aromatic rings. The Bertz CT molecular complexity index is 516. The van der Waals surface area contributed by atoms with Crippen molar-refractivity contribution in [1.82, 2.24) is 0 Å². The number of ketones is 1. The fourth-order valence-corrected chi connectivity index (χ4v) is 2.77. The van der Waals surface area contributed by atoms with Crippen LogP contribution in [0.25, 0.3) is 0 Å². The smallest absolute Gasteiger partial charge is 0.202 e. The van der Waals surface area contributed by atoms with E-state index >= 15 is 0 Å². The molecule has 0 N–H and O–H groups in total. The first-order chi connectivity index (χ1) is 7.70. The third kappa shape index (κ3) is 2.42. The van der Waals surface area contributed by atoms with Gasteiger partial charge in [-0.25, -0.2) is 0 Å². The predicted molar refractivity (Wildman–Crippen MR) is 71.3 cm³/mol. The molecule has 0 spiro atoms. The molecule has 1 aromatic carbocycles. The van der Waals surface area contributed by atoms with Gasteiger partial charge in [-0.2, -0.15) is 0 Å². The molecule has 0 aliphatic carbocycles. The van der Waals surface area contributed by atoms with Crippen molar-refractivity contribution in [3.63, 3.8) is 0 Å². The number of aryl methyl sites for hydroxylation is 1. The van der Waals surface area contributed by atoms with Crippen molar-refractivity contribution in [2.75, 3.05) is 0 Å². The van der Waals surface area contributed by atoms with E-state index in [1.54, 1.807) is 11.3 Å². The van der Waals surface area contributed by atoms with Crippen LogP contribution in [0.2, 0.25) is 0 Å². The molecule has 0 saturated carbocycles. The zero-order valence-electron chi connectivity index (χ0n) is 8.87. The van der Waals surface area contributed by atoms with Crippen molar-refractivity contribution in [1.29, 1.82) is 0 Å². The lowest BCUT2D eigenvalue weighted by molar-refractivity contribution is 0.104. The molecule has 0 amide bonds. The number of benzene rings is 1. The average Bonchev–Trinajstić information content (AvgIpc) is 2.76.